The Hall–Kier alpha value is -3.41. The number of fused-ring (bicyclic) bond motifs is 5. The third kappa shape index (κ3) is 2.17. The van der Waals surface area contributed by atoms with E-state index in [1.165, 1.54) is 12.0 Å². The first-order chi connectivity index (χ1) is 13.6. The van der Waals surface area contributed by atoms with E-state index in [0.29, 0.717) is 12.1 Å². The maximum Gasteiger partial charge on any atom is 0.309 e. The minimum Gasteiger partial charge on any atom is -0.469 e. The molecule has 0 unspecified atom stereocenters. The molecular weight excluding hydrogens is 356 g/mol. The number of methoxy groups -OCH3 is 1. The zero-order chi connectivity index (χ0) is 19.4. The Bertz CT molecular complexity index is 1120. The Morgan fingerprint density at radius 2 is 1.75 bits per heavy atom. The van der Waals surface area contributed by atoms with E-state index < -0.39 is 23.7 Å². The molecule has 2 amide bonds. The van der Waals surface area contributed by atoms with Gasteiger partial charge >= 0.3 is 5.97 Å². The molecule has 1 aromatic heterocycles. The molecule has 6 heteroatoms. The van der Waals surface area contributed by atoms with Crippen molar-refractivity contribution in [2.45, 2.75) is 12.3 Å². The lowest BCUT2D eigenvalue weighted by atomic mass is 9.71. The van der Waals surface area contributed by atoms with Crippen LogP contribution in [0.25, 0.3) is 10.9 Å². The summed E-state index contributed by atoms with van der Waals surface area (Å²) < 4.78 is 4.98. The number of aromatic nitrogens is 1. The number of aromatic amines is 1. The van der Waals surface area contributed by atoms with Crippen molar-refractivity contribution in [2.75, 3.05) is 12.0 Å². The number of anilines is 1. The molecule has 3 aromatic rings. The average molecular weight is 374 g/mol. The number of para-hydroxylation sites is 2. The summed E-state index contributed by atoms with van der Waals surface area (Å²) in [6, 6.07) is 16.6. The van der Waals surface area contributed by atoms with Gasteiger partial charge in [0.15, 0.2) is 0 Å². The predicted molar refractivity (Wildman–Crippen MR) is 103 cm³/mol. The lowest BCUT2D eigenvalue weighted by Gasteiger charge is -2.28. The number of amides is 2. The number of imide groups is 1. The third-order valence-corrected chi connectivity index (χ3v) is 5.87. The average Bonchev–Trinajstić information content (AvgIpc) is 3.22. The monoisotopic (exact) mass is 374 g/mol. The molecule has 1 N–H and O–H groups in total. The van der Waals surface area contributed by atoms with Crippen molar-refractivity contribution < 1.29 is 19.1 Å². The van der Waals surface area contributed by atoms with Gasteiger partial charge in [0.25, 0.3) is 0 Å². The van der Waals surface area contributed by atoms with E-state index in [-0.39, 0.29) is 11.8 Å². The number of nitrogens with one attached hydrogen (secondary N) is 1. The molecule has 5 rings (SSSR count). The van der Waals surface area contributed by atoms with Crippen LogP contribution in [0.3, 0.4) is 0 Å². The predicted octanol–water partition coefficient (Wildman–Crippen LogP) is 2.79. The Kier molecular flexibility index (Phi) is 3.62. The second kappa shape index (κ2) is 6.05. The van der Waals surface area contributed by atoms with Crippen LogP contribution in [0.4, 0.5) is 5.69 Å². The molecule has 1 fully saturated rings. The van der Waals surface area contributed by atoms with Gasteiger partial charge in [0, 0.05) is 23.0 Å². The Morgan fingerprint density at radius 3 is 2.50 bits per heavy atom. The van der Waals surface area contributed by atoms with E-state index in [1.807, 2.05) is 30.3 Å². The molecule has 2 heterocycles. The van der Waals surface area contributed by atoms with Crippen LogP contribution in [-0.2, 0) is 25.5 Å². The summed E-state index contributed by atoms with van der Waals surface area (Å²) in [6.45, 7) is 0. The second-order valence-electron chi connectivity index (χ2n) is 7.25. The van der Waals surface area contributed by atoms with Crippen molar-refractivity contribution in [3.8, 4) is 0 Å². The first-order valence-corrected chi connectivity index (χ1v) is 9.22. The molecule has 6 nitrogen and oxygen atoms in total. The zero-order valence-corrected chi connectivity index (χ0v) is 15.2. The normalized spacial score (nSPS) is 23.6. The number of hydrogen-bond donors (Lipinski definition) is 1. The van der Waals surface area contributed by atoms with Crippen LogP contribution in [0, 0.1) is 11.8 Å². The van der Waals surface area contributed by atoms with E-state index in [9.17, 15) is 14.4 Å². The zero-order valence-electron chi connectivity index (χ0n) is 15.2. The third-order valence-electron chi connectivity index (χ3n) is 5.87. The maximum atomic E-state index is 13.5. The van der Waals surface area contributed by atoms with Gasteiger partial charge in [-0.05, 0) is 23.8 Å². The molecule has 2 aliphatic rings. The second-order valence-corrected chi connectivity index (χ2v) is 7.25. The van der Waals surface area contributed by atoms with Gasteiger partial charge in [0.05, 0.1) is 30.6 Å². The number of ether oxygens (including phenoxy) is 1. The highest BCUT2D eigenvalue weighted by molar-refractivity contribution is 6.25. The quantitative estimate of drug-likeness (QED) is 0.553. The molecule has 1 aliphatic carbocycles. The van der Waals surface area contributed by atoms with Crippen molar-refractivity contribution in [3.63, 3.8) is 0 Å². The Morgan fingerprint density at radius 1 is 1.04 bits per heavy atom. The molecule has 0 radical (unpaired) electrons. The molecule has 1 aliphatic heterocycles. The molecule has 3 atom stereocenters. The molecule has 1 saturated heterocycles. The van der Waals surface area contributed by atoms with Crippen LogP contribution in [0.5, 0.6) is 0 Å². The van der Waals surface area contributed by atoms with Crippen molar-refractivity contribution in [2.24, 2.45) is 11.8 Å². The molecule has 0 bridgehead atoms. The number of H-pyrrole nitrogens is 1. The molecular formula is C22H18N2O4. The number of hydrogen-bond acceptors (Lipinski definition) is 4. The van der Waals surface area contributed by atoms with Gasteiger partial charge in [0.2, 0.25) is 11.8 Å². The highest BCUT2D eigenvalue weighted by Crippen LogP contribution is 2.49. The summed E-state index contributed by atoms with van der Waals surface area (Å²) in [7, 11) is 1.31. The minimum atomic E-state index is -0.758. The van der Waals surface area contributed by atoms with Crippen molar-refractivity contribution >= 4 is 34.4 Å². The van der Waals surface area contributed by atoms with Gasteiger partial charge < -0.3 is 9.72 Å². The van der Waals surface area contributed by atoms with E-state index in [1.54, 1.807) is 24.3 Å². The number of benzene rings is 2. The Balaban J connectivity index is 1.72. The highest BCUT2D eigenvalue weighted by atomic mass is 16.5. The Labute approximate surface area is 161 Å². The van der Waals surface area contributed by atoms with Gasteiger partial charge in [-0.1, -0.05) is 36.4 Å². The smallest absolute Gasteiger partial charge is 0.309 e. The fourth-order valence-electron chi connectivity index (χ4n) is 4.70. The first-order valence-electron chi connectivity index (χ1n) is 9.22. The van der Waals surface area contributed by atoms with Crippen LogP contribution in [-0.4, -0.2) is 29.9 Å². The fraction of sp³-hybridized carbons (Fsp3) is 0.227. The van der Waals surface area contributed by atoms with Crippen molar-refractivity contribution in [1.29, 1.82) is 0 Å². The summed E-state index contributed by atoms with van der Waals surface area (Å²) in [5, 5.41) is 0.923. The van der Waals surface area contributed by atoms with Gasteiger partial charge in [-0.2, -0.15) is 0 Å². The molecule has 2 aromatic carbocycles. The number of carbonyl (C=O) groups is 3. The van der Waals surface area contributed by atoms with Gasteiger partial charge in [-0.25, -0.2) is 4.90 Å². The van der Waals surface area contributed by atoms with Crippen LogP contribution >= 0.6 is 0 Å². The van der Waals surface area contributed by atoms with Gasteiger partial charge in [0.1, 0.15) is 0 Å². The van der Waals surface area contributed by atoms with Gasteiger partial charge in [-0.3, -0.25) is 14.4 Å². The number of carbonyl (C=O) groups excluding carboxylic acids is 3. The molecule has 0 spiro atoms. The number of esters is 1. The molecule has 28 heavy (non-hydrogen) atoms. The standard InChI is InChI=1S/C22H18N2O4/c1-28-22(27)14-11-16-17(13-9-5-6-10-15(13)23-16)19-18(14)20(25)24(21(19)26)12-7-3-2-4-8-12/h2-10,14,18-19,23H,11H2,1H3/t14-,18-,19+/m1/s1. The van der Waals surface area contributed by atoms with Crippen LogP contribution < -0.4 is 4.90 Å². The summed E-state index contributed by atoms with van der Waals surface area (Å²) in [4.78, 5) is 43.9. The lowest BCUT2D eigenvalue weighted by Crippen LogP contribution is -2.38. The summed E-state index contributed by atoms with van der Waals surface area (Å²) >= 11 is 0. The van der Waals surface area contributed by atoms with E-state index in [0.717, 1.165) is 22.2 Å². The van der Waals surface area contributed by atoms with Gasteiger partial charge in [-0.15, -0.1) is 0 Å². The van der Waals surface area contributed by atoms with Crippen LogP contribution in [0.1, 0.15) is 17.2 Å². The van der Waals surface area contributed by atoms with E-state index in [2.05, 4.69) is 4.98 Å². The lowest BCUT2D eigenvalue weighted by molar-refractivity contribution is -0.150. The van der Waals surface area contributed by atoms with Crippen LogP contribution in [0.15, 0.2) is 54.6 Å². The first kappa shape index (κ1) is 16.7. The minimum absolute atomic E-state index is 0.291. The summed E-state index contributed by atoms with van der Waals surface area (Å²) in [5.74, 6) is -3.24. The number of rotatable bonds is 2. The topological polar surface area (TPSA) is 79.5 Å². The summed E-state index contributed by atoms with van der Waals surface area (Å²) in [5.41, 5.74) is 3.08. The molecule has 0 saturated carbocycles. The summed E-state index contributed by atoms with van der Waals surface area (Å²) in [6.07, 6.45) is 0.347. The maximum absolute atomic E-state index is 13.5. The van der Waals surface area contributed by atoms with Crippen molar-refractivity contribution in [1.82, 2.24) is 4.98 Å². The fourth-order valence-corrected chi connectivity index (χ4v) is 4.70. The largest absolute Gasteiger partial charge is 0.469 e. The van der Waals surface area contributed by atoms with Crippen molar-refractivity contribution in [3.05, 3.63) is 65.9 Å². The number of nitrogens with zero attached hydrogens (tertiary/aromatic N) is 1. The highest BCUT2D eigenvalue weighted by Gasteiger charge is 2.57. The van der Waals surface area contributed by atoms with E-state index >= 15 is 0 Å². The van der Waals surface area contributed by atoms with Crippen LogP contribution in [0.2, 0.25) is 0 Å². The van der Waals surface area contributed by atoms with E-state index in [4.69, 9.17) is 4.74 Å². The SMILES string of the molecule is COC(=O)[C@@H]1Cc2[nH]c3ccccc3c2[C@@H]2C(=O)N(c3ccccc3)C(=O)[C@H]12. The molecule has 140 valence electrons.